The van der Waals surface area contributed by atoms with Crippen molar-refractivity contribution < 1.29 is 9.59 Å². The Balaban J connectivity index is 1.40. The van der Waals surface area contributed by atoms with E-state index < -0.39 is 0 Å². The first-order chi connectivity index (χ1) is 13.0. The fraction of sp³-hybridized carbons (Fsp3) is 0.636. The van der Waals surface area contributed by atoms with Crippen molar-refractivity contribution in [2.75, 3.05) is 32.7 Å². The first-order valence-electron chi connectivity index (χ1n) is 10.4. The predicted octanol–water partition coefficient (Wildman–Crippen LogP) is 2.39. The van der Waals surface area contributed by atoms with Gasteiger partial charge in [0.15, 0.2) is 0 Å². The van der Waals surface area contributed by atoms with Gasteiger partial charge in [-0.05, 0) is 43.9 Å². The van der Waals surface area contributed by atoms with Crippen LogP contribution in [-0.2, 0) is 4.79 Å². The lowest BCUT2D eigenvalue weighted by atomic mass is 9.75. The number of hydrogen-bond donors (Lipinski definition) is 1. The predicted molar refractivity (Wildman–Crippen MR) is 105 cm³/mol. The Morgan fingerprint density at radius 1 is 1.19 bits per heavy atom. The summed E-state index contributed by atoms with van der Waals surface area (Å²) in [5, 5.41) is 3.35. The fourth-order valence-corrected chi connectivity index (χ4v) is 5.13. The van der Waals surface area contributed by atoms with Gasteiger partial charge in [0.05, 0.1) is 5.92 Å². The number of carbonyl (C=O) groups is 2. The van der Waals surface area contributed by atoms with E-state index in [0.29, 0.717) is 11.8 Å². The van der Waals surface area contributed by atoms with E-state index in [1.165, 1.54) is 6.42 Å². The smallest absolute Gasteiger partial charge is 0.253 e. The molecule has 5 nitrogen and oxygen atoms in total. The summed E-state index contributed by atoms with van der Waals surface area (Å²) in [6.07, 6.45) is 2.93. The molecule has 27 heavy (non-hydrogen) atoms. The maximum Gasteiger partial charge on any atom is 0.253 e. The topological polar surface area (TPSA) is 52.7 Å². The second-order valence-electron chi connectivity index (χ2n) is 8.96. The van der Waals surface area contributed by atoms with E-state index >= 15 is 0 Å². The molecule has 5 heteroatoms. The number of nitrogens with one attached hydrogen (secondary N) is 1. The molecule has 0 saturated carbocycles. The molecule has 1 aromatic rings. The average molecular weight is 370 g/mol. The van der Waals surface area contributed by atoms with E-state index in [-0.39, 0.29) is 23.3 Å². The standard InChI is InChI=1S/C22H31N3O2/c1-16(2)8-11-24-14-18-19(15-24)22(23-20(18)26)9-12-25(13-10-22)21(27)17-6-4-3-5-7-17/h3-7,16,18-19H,8-15H2,1-2H3,(H,23,26)/t18-,19+/m1/s1. The van der Waals surface area contributed by atoms with Crippen LogP contribution in [0.5, 0.6) is 0 Å². The second-order valence-corrected chi connectivity index (χ2v) is 8.96. The molecule has 0 radical (unpaired) electrons. The van der Waals surface area contributed by atoms with Gasteiger partial charge in [-0.2, -0.15) is 0 Å². The van der Waals surface area contributed by atoms with Gasteiger partial charge in [0.25, 0.3) is 5.91 Å². The van der Waals surface area contributed by atoms with Crippen LogP contribution in [0, 0.1) is 17.8 Å². The average Bonchev–Trinajstić information content (AvgIpc) is 3.21. The highest BCUT2D eigenvalue weighted by Crippen LogP contribution is 2.44. The summed E-state index contributed by atoms with van der Waals surface area (Å²) in [5.41, 5.74) is 0.643. The number of fused-ring (bicyclic) bond motifs is 2. The van der Waals surface area contributed by atoms with Crippen molar-refractivity contribution >= 4 is 11.8 Å². The SMILES string of the molecule is CC(C)CCN1C[C@H]2C(=O)NC3(CCN(C(=O)c4ccccc4)CC3)[C@H]2C1. The Morgan fingerprint density at radius 3 is 2.56 bits per heavy atom. The summed E-state index contributed by atoms with van der Waals surface area (Å²) in [6, 6.07) is 9.50. The van der Waals surface area contributed by atoms with Crippen LogP contribution in [0.1, 0.15) is 43.5 Å². The van der Waals surface area contributed by atoms with Gasteiger partial charge in [-0.1, -0.05) is 32.0 Å². The van der Waals surface area contributed by atoms with Gasteiger partial charge in [0.1, 0.15) is 0 Å². The zero-order chi connectivity index (χ0) is 19.0. The summed E-state index contributed by atoms with van der Waals surface area (Å²) in [4.78, 5) is 29.8. The molecule has 1 aromatic carbocycles. The van der Waals surface area contributed by atoms with Gasteiger partial charge in [-0.15, -0.1) is 0 Å². The highest BCUT2D eigenvalue weighted by Gasteiger charge is 2.57. The lowest BCUT2D eigenvalue weighted by Crippen LogP contribution is -2.56. The Bertz CT molecular complexity index is 695. The second kappa shape index (κ2) is 7.27. The van der Waals surface area contributed by atoms with Crippen LogP contribution >= 0.6 is 0 Å². The number of likely N-dealkylation sites (tertiary alicyclic amines) is 2. The van der Waals surface area contributed by atoms with Gasteiger partial charge in [0, 0.05) is 43.2 Å². The van der Waals surface area contributed by atoms with Crippen LogP contribution in [0.25, 0.3) is 0 Å². The van der Waals surface area contributed by atoms with E-state index in [1.54, 1.807) is 0 Å². The van der Waals surface area contributed by atoms with E-state index in [0.717, 1.165) is 51.1 Å². The minimum atomic E-state index is -0.109. The molecule has 0 unspecified atom stereocenters. The molecule has 0 bridgehead atoms. The number of rotatable bonds is 4. The van der Waals surface area contributed by atoms with E-state index in [2.05, 4.69) is 24.1 Å². The van der Waals surface area contributed by atoms with Crippen molar-refractivity contribution in [3.8, 4) is 0 Å². The normalized spacial score (nSPS) is 27.2. The molecule has 2 atom stereocenters. The third-order valence-corrected chi connectivity index (χ3v) is 6.80. The molecule has 3 aliphatic heterocycles. The lowest BCUT2D eigenvalue weighted by molar-refractivity contribution is -0.123. The number of nitrogens with zero attached hydrogens (tertiary/aromatic N) is 2. The van der Waals surface area contributed by atoms with Crippen molar-refractivity contribution in [3.63, 3.8) is 0 Å². The summed E-state index contributed by atoms with van der Waals surface area (Å²) < 4.78 is 0. The van der Waals surface area contributed by atoms with Crippen LogP contribution < -0.4 is 5.32 Å². The molecular formula is C22H31N3O2. The number of amides is 2. The largest absolute Gasteiger partial charge is 0.350 e. The van der Waals surface area contributed by atoms with Crippen LogP contribution in [0.4, 0.5) is 0 Å². The van der Waals surface area contributed by atoms with Crippen LogP contribution in [-0.4, -0.2) is 59.9 Å². The highest BCUT2D eigenvalue weighted by molar-refractivity contribution is 5.94. The first kappa shape index (κ1) is 18.5. The number of piperidine rings is 1. The fourth-order valence-electron chi connectivity index (χ4n) is 5.13. The zero-order valence-corrected chi connectivity index (χ0v) is 16.5. The van der Waals surface area contributed by atoms with Crippen molar-refractivity contribution in [3.05, 3.63) is 35.9 Å². The lowest BCUT2D eigenvalue weighted by Gasteiger charge is -2.42. The first-order valence-corrected chi connectivity index (χ1v) is 10.4. The third kappa shape index (κ3) is 3.49. The molecule has 0 aromatic heterocycles. The Labute approximate surface area is 162 Å². The number of carbonyl (C=O) groups excluding carboxylic acids is 2. The van der Waals surface area contributed by atoms with E-state index in [4.69, 9.17) is 0 Å². The molecule has 1 spiro atoms. The summed E-state index contributed by atoms with van der Waals surface area (Å²) in [6.45, 7) is 8.97. The highest BCUT2D eigenvalue weighted by atomic mass is 16.2. The molecule has 2 amide bonds. The maximum atomic E-state index is 12.7. The summed E-state index contributed by atoms with van der Waals surface area (Å²) >= 11 is 0. The Hall–Kier alpha value is -1.88. The minimum Gasteiger partial charge on any atom is -0.350 e. The van der Waals surface area contributed by atoms with Crippen molar-refractivity contribution in [2.45, 2.75) is 38.6 Å². The van der Waals surface area contributed by atoms with Gasteiger partial charge < -0.3 is 15.1 Å². The Kier molecular flexibility index (Phi) is 4.97. The number of benzene rings is 1. The van der Waals surface area contributed by atoms with E-state index in [9.17, 15) is 9.59 Å². The van der Waals surface area contributed by atoms with E-state index in [1.807, 2.05) is 35.2 Å². The molecule has 3 heterocycles. The Morgan fingerprint density at radius 2 is 1.89 bits per heavy atom. The van der Waals surface area contributed by atoms with Crippen molar-refractivity contribution in [2.24, 2.45) is 17.8 Å². The van der Waals surface area contributed by atoms with Gasteiger partial charge >= 0.3 is 0 Å². The molecule has 0 aliphatic carbocycles. The van der Waals surface area contributed by atoms with Gasteiger partial charge in [-0.25, -0.2) is 0 Å². The van der Waals surface area contributed by atoms with Crippen LogP contribution in [0.3, 0.4) is 0 Å². The molecule has 3 fully saturated rings. The van der Waals surface area contributed by atoms with Gasteiger partial charge in [0.2, 0.25) is 5.91 Å². The van der Waals surface area contributed by atoms with Gasteiger partial charge in [-0.3, -0.25) is 9.59 Å². The summed E-state index contributed by atoms with van der Waals surface area (Å²) in [7, 11) is 0. The monoisotopic (exact) mass is 369 g/mol. The number of hydrogen-bond acceptors (Lipinski definition) is 3. The van der Waals surface area contributed by atoms with Crippen molar-refractivity contribution in [1.29, 1.82) is 0 Å². The minimum absolute atomic E-state index is 0.108. The van der Waals surface area contributed by atoms with Crippen molar-refractivity contribution in [1.82, 2.24) is 15.1 Å². The quantitative estimate of drug-likeness (QED) is 0.887. The van der Waals surface area contributed by atoms with Crippen LogP contribution in [0.15, 0.2) is 30.3 Å². The molecule has 4 rings (SSSR count). The molecule has 3 aliphatic rings. The molecular weight excluding hydrogens is 338 g/mol. The molecule has 3 saturated heterocycles. The summed E-state index contributed by atoms with van der Waals surface area (Å²) in [5.74, 6) is 1.56. The maximum absolute atomic E-state index is 12.7. The molecule has 146 valence electrons. The third-order valence-electron chi connectivity index (χ3n) is 6.80. The molecule has 1 N–H and O–H groups in total. The zero-order valence-electron chi connectivity index (χ0n) is 16.5. The van der Waals surface area contributed by atoms with Crippen LogP contribution in [0.2, 0.25) is 0 Å².